The number of halogens is 1. The average Bonchev–Trinajstić information content (AvgIpc) is 2.81. The first-order valence-corrected chi connectivity index (χ1v) is 7.59. The fraction of sp³-hybridized carbons (Fsp3) is 0.176. The van der Waals surface area contributed by atoms with Gasteiger partial charge in [-0.3, -0.25) is 0 Å². The molecule has 0 aliphatic heterocycles. The van der Waals surface area contributed by atoms with Crippen molar-refractivity contribution in [1.82, 2.24) is 4.57 Å². The minimum atomic E-state index is 0.684. The maximum Gasteiger partial charge on any atom is 0.0487 e. The Balaban J connectivity index is 2.05. The van der Waals surface area contributed by atoms with Crippen molar-refractivity contribution in [3.05, 3.63) is 70.3 Å². The van der Waals surface area contributed by atoms with Gasteiger partial charge < -0.3 is 10.3 Å². The smallest absolute Gasteiger partial charge is 0.0487 e. The molecule has 0 spiro atoms. The maximum atomic E-state index is 5.72. The number of para-hydroxylation sites is 1. The van der Waals surface area contributed by atoms with Crippen LogP contribution in [0.5, 0.6) is 0 Å². The normalized spacial score (nSPS) is 11.1. The zero-order valence-electron chi connectivity index (χ0n) is 11.2. The van der Waals surface area contributed by atoms with Crippen LogP contribution >= 0.6 is 15.9 Å². The lowest BCUT2D eigenvalue weighted by molar-refractivity contribution is 0.824. The van der Waals surface area contributed by atoms with Crippen molar-refractivity contribution in [2.24, 2.45) is 5.73 Å². The van der Waals surface area contributed by atoms with Crippen LogP contribution in [0.1, 0.15) is 11.1 Å². The van der Waals surface area contributed by atoms with Crippen LogP contribution in [0, 0.1) is 0 Å². The predicted molar refractivity (Wildman–Crippen MR) is 87.9 cm³/mol. The van der Waals surface area contributed by atoms with Crippen molar-refractivity contribution in [1.29, 1.82) is 0 Å². The third kappa shape index (κ3) is 2.51. The summed E-state index contributed by atoms with van der Waals surface area (Å²) in [6, 6.07) is 16.9. The SMILES string of the molecule is NCCc1cn(Cc2ccccc2Br)c2ccccc12. The molecule has 2 aromatic carbocycles. The van der Waals surface area contributed by atoms with Crippen molar-refractivity contribution in [3.63, 3.8) is 0 Å². The number of aromatic nitrogens is 1. The van der Waals surface area contributed by atoms with E-state index in [1.165, 1.54) is 22.0 Å². The molecule has 1 aromatic heterocycles. The number of hydrogen-bond donors (Lipinski definition) is 1. The van der Waals surface area contributed by atoms with Crippen LogP contribution < -0.4 is 5.73 Å². The number of nitrogens with two attached hydrogens (primary N) is 1. The molecule has 0 aliphatic carbocycles. The maximum absolute atomic E-state index is 5.72. The van der Waals surface area contributed by atoms with Crippen LogP contribution in [-0.4, -0.2) is 11.1 Å². The van der Waals surface area contributed by atoms with Gasteiger partial charge in [0.25, 0.3) is 0 Å². The third-order valence-corrected chi connectivity index (χ3v) is 4.36. The third-order valence-electron chi connectivity index (χ3n) is 3.58. The molecule has 0 saturated heterocycles. The van der Waals surface area contributed by atoms with Gasteiger partial charge in [-0.25, -0.2) is 0 Å². The Morgan fingerprint density at radius 1 is 0.950 bits per heavy atom. The Morgan fingerprint density at radius 3 is 2.50 bits per heavy atom. The van der Waals surface area contributed by atoms with Crippen LogP contribution in [0.2, 0.25) is 0 Å². The first-order chi connectivity index (χ1) is 9.79. The van der Waals surface area contributed by atoms with Crippen LogP contribution in [0.25, 0.3) is 10.9 Å². The topological polar surface area (TPSA) is 30.9 Å². The molecule has 0 radical (unpaired) electrons. The van der Waals surface area contributed by atoms with Gasteiger partial charge in [0.1, 0.15) is 0 Å². The van der Waals surface area contributed by atoms with Gasteiger partial charge in [-0.2, -0.15) is 0 Å². The van der Waals surface area contributed by atoms with Gasteiger partial charge in [0.15, 0.2) is 0 Å². The Kier molecular flexibility index (Phi) is 3.90. The van der Waals surface area contributed by atoms with Crippen molar-refractivity contribution >= 4 is 26.8 Å². The second kappa shape index (κ2) is 5.81. The highest BCUT2D eigenvalue weighted by molar-refractivity contribution is 9.10. The van der Waals surface area contributed by atoms with E-state index in [0.29, 0.717) is 6.54 Å². The van der Waals surface area contributed by atoms with Crippen molar-refractivity contribution in [3.8, 4) is 0 Å². The summed E-state index contributed by atoms with van der Waals surface area (Å²) in [4.78, 5) is 0. The van der Waals surface area contributed by atoms with Crippen LogP contribution in [0.4, 0.5) is 0 Å². The van der Waals surface area contributed by atoms with Gasteiger partial charge in [0.05, 0.1) is 0 Å². The lowest BCUT2D eigenvalue weighted by Crippen LogP contribution is -2.02. The van der Waals surface area contributed by atoms with Gasteiger partial charge in [0.2, 0.25) is 0 Å². The van der Waals surface area contributed by atoms with E-state index < -0.39 is 0 Å². The minimum absolute atomic E-state index is 0.684. The summed E-state index contributed by atoms with van der Waals surface area (Å²) in [6.07, 6.45) is 3.15. The molecule has 2 nitrogen and oxygen atoms in total. The van der Waals surface area contributed by atoms with Crippen LogP contribution in [0.3, 0.4) is 0 Å². The Bertz CT molecular complexity index is 731. The van der Waals surface area contributed by atoms with Crippen molar-refractivity contribution < 1.29 is 0 Å². The van der Waals surface area contributed by atoms with Crippen LogP contribution in [-0.2, 0) is 13.0 Å². The highest BCUT2D eigenvalue weighted by Crippen LogP contribution is 2.24. The van der Waals surface area contributed by atoms with Gasteiger partial charge in [0, 0.05) is 28.1 Å². The quantitative estimate of drug-likeness (QED) is 0.772. The average molecular weight is 329 g/mol. The Labute approximate surface area is 127 Å². The standard InChI is InChI=1S/C17H17BrN2/c18-16-7-3-1-5-14(16)12-20-11-13(9-10-19)15-6-2-4-8-17(15)20/h1-8,11H,9-10,12,19H2. The van der Waals surface area contributed by atoms with E-state index in [1.807, 2.05) is 6.07 Å². The Hall–Kier alpha value is -1.58. The monoisotopic (exact) mass is 328 g/mol. The van der Waals surface area contributed by atoms with E-state index in [2.05, 4.69) is 69.2 Å². The molecule has 0 unspecified atom stereocenters. The lowest BCUT2D eigenvalue weighted by atomic mass is 10.1. The van der Waals surface area contributed by atoms with Gasteiger partial charge in [-0.15, -0.1) is 0 Å². The number of rotatable bonds is 4. The van der Waals surface area contributed by atoms with E-state index in [1.54, 1.807) is 0 Å². The predicted octanol–water partition coefficient (Wildman–Crippen LogP) is 3.95. The first kappa shape index (κ1) is 13.4. The van der Waals surface area contributed by atoms with Crippen molar-refractivity contribution in [2.45, 2.75) is 13.0 Å². The molecular formula is C17H17BrN2. The summed E-state index contributed by atoms with van der Waals surface area (Å²) in [5.74, 6) is 0. The Morgan fingerprint density at radius 2 is 1.70 bits per heavy atom. The number of hydrogen-bond acceptors (Lipinski definition) is 1. The van der Waals surface area contributed by atoms with Gasteiger partial charge in [-0.05, 0) is 36.2 Å². The molecule has 3 rings (SSSR count). The van der Waals surface area contributed by atoms with E-state index in [4.69, 9.17) is 5.73 Å². The summed E-state index contributed by atoms with van der Waals surface area (Å²) in [5, 5.41) is 1.31. The number of benzene rings is 2. The molecule has 0 amide bonds. The molecule has 0 aliphatic rings. The van der Waals surface area contributed by atoms with E-state index in [-0.39, 0.29) is 0 Å². The van der Waals surface area contributed by atoms with E-state index in [9.17, 15) is 0 Å². The number of nitrogens with zero attached hydrogens (tertiary/aromatic N) is 1. The first-order valence-electron chi connectivity index (χ1n) is 6.80. The summed E-state index contributed by atoms with van der Waals surface area (Å²) in [5.41, 5.74) is 9.60. The molecule has 0 saturated carbocycles. The fourth-order valence-electron chi connectivity index (χ4n) is 2.62. The lowest BCUT2D eigenvalue weighted by Gasteiger charge is -2.07. The van der Waals surface area contributed by atoms with Gasteiger partial charge >= 0.3 is 0 Å². The molecule has 3 heteroatoms. The molecule has 20 heavy (non-hydrogen) atoms. The summed E-state index contributed by atoms with van der Waals surface area (Å²) < 4.78 is 3.46. The van der Waals surface area contributed by atoms with Gasteiger partial charge in [-0.1, -0.05) is 52.3 Å². The highest BCUT2D eigenvalue weighted by Gasteiger charge is 2.08. The molecule has 102 valence electrons. The molecule has 0 fully saturated rings. The van der Waals surface area contributed by atoms with E-state index in [0.717, 1.165) is 17.4 Å². The highest BCUT2D eigenvalue weighted by atomic mass is 79.9. The fourth-order valence-corrected chi connectivity index (χ4v) is 3.03. The zero-order valence-corrected chi connectivity index (χ0v) is 12.8. The van der Waals surface area contributed by atoms with E-state index >= 15 is 0 Å². The zero-order chi connectivity index (χ0) is 13.9. The van der Waals surface area contributed by atoms with Crippen LogP contribution in [0.15, 0.2) is 59.2 Å². The molecule has 2 N–H and O–H groups in total. The summed E-state index contributed by atoms with van der Waals surface area (Å²) in [7, 11) is 0. The molecular weight excluding hydrogens is 312 g/mol. The molecule has 1 heterocycles. The second-order valence-electron chi connectivity index (χ2n) is 4.93. The molecule has 0 bridgehead atoms. The summed E-state index contributed by atoms with van der Waals surface area (Å²) >= 11 is 3.62. The largest absolute Gasteiger partial charge is 0.343 e. The van der Waals surface area contributed by atoms with Crippen molar-refractivity contribution in [2.75, 3.05) is 6.54 Å². The minimum Gasteiger partial charge on any atom is -0.343 e. The summed E-state index contributed by atoms with van der Waals surface area (Å²) in [6.45, 7) is 1.55. The molecule has 3 aromatic rings. The second-order valence-corrected chi connectivity index (χ2v) is 5.78. The molecule has 0 atom stereocenters. The number of fused-ring (bicyclic) bond motifs is 1.